The summed E-state index contributed by atoms with van der Waals surface area (Å²) >= 11 is 1.16. The first-order valence-corrected chi connectivity index (χ1v) is 15.2. The van der Waals surface area contributed by atoms with Crippen LogP contribution in [0.2, 0.25) is 0 Å². The standard InChI is InChI=1S/C32H28F3N7O4S/c1-19(2)26-14-25(45-3)12-13-27(26)42-28(43)17-47-31(42)39-30(44)37-16-22(15-36)20-4-6-21(7-5-20)29-38-18-41(40-29)23-8-10-24(11-9-23)46-32(33,34)35/h4-14,18-19,22H,16-17H2,1-3H3,(H,37,44)/b39-31-. The highest BCUT2D eigenvalue weighted by Gasteiger charge is 2.33. The van der Waals surface area contributed by atoms with Gasteiger partial charge in [-0.25, -0.2) is 14.5 Å². The molecule has 1 aliphatic heterocycles. The fourth-order valence-corrected chi connectivity index (χ4v) is 5.60. The van der Waals surface area contributed by atoms with Gasteiger partial charge >= 0.3 is 12.4 Å². The molecule has 242 valence electrons. The van der Waals surface area contributed by atoms with Gasteiger partial charge in [-0.15, -0.1) is 18.3 Å². The lowest BCUT2D eigenvalue weighted by Crippen LogP contribution is -2.33. The number of alkyl halides is 3. The number of nitrogens with zero attached hydrogens (tertiary/aromatic N) is 6. The predicted octanol–water partition coefficient (Wildman–Crippen LogP) is 6.42. The molecule has 0 saturated carbocycles. The second-order valence-corrected chi connectivity index (χ2v) is 11.5. The number of carbonyl (C=O) groups is 2. The Morgan fingerprint density at radius 3 is 2.45 bits per heavy atom. The topological polar surface area (TPSA) is 135 Å². The molecule has 3 amide bonds. The van der Waals surface area contributed by atoms with Gasteiger partial charge in [0.05, 0.1) is 36.2 Å². The van der Waals surface area contributed by atoms with E-state index in [1.54, 1.807) is 43.5 Å². The summed E-state index contributed by atoms with van der Waals surface area (Å²) in [7, 11) is 1.57. The van der Waals surface area contributed by atoms with E-state index in [-0.39, 0.29) is 35.0 Å². The Labute approximate surface area is 272 Å². The average molecular weight is 664 g/mol. The van der Waals surface area contributed by atoms with E-state index in [0.717, 1.165) is 17.3 Å². The van der Waals surface area contributed by atoms with Crippen LogP contribution in [0.1, 0.15) is 36.8 Å². The third kappa shape index (κ3) is 7.90. The van der Waals surface area contributed by atoms with Crippen LogP contribution in [-0.4, -0.2) is 57.6 Å². The highest BCUT2D eigenvalue weighted by Crippen LogP contribution is 2.35. The van der Waals surface area contributed by atoms with Gasteiger partial charge in [0.15, 0.2) is 11.0 Å². The third-order valence-electron chi connectivity index (χ3n) is 7.07. The van der Waals surface area contributed by atoms with Crippen LogP contribution < -0.4 is 19.7 Å². The summed E-state index contributed by atoms with van der Waals surface area (Å²) in [5, 5.41) is 17.1. The minimum atomic E-state index is -4.78. The van der Waals surface area contributed by atoms with Gasteiger partial charge < -0.3 is 14.8 Å². The molecule has 1 fully saturated rings. The molecule has 1 saturated heterocycles. The maximum Gasteiger partial charge on any atom is 0.573 e. The number of aliphatic imine (C=N–C) groups is 1. The number of rotatable bonds is 9. The number of carbonyl (C=O) groups excluding carboxylic acids is 2. The summed E-state index contributed by atoms with van der Waals surface area (Å²) in [5.41, 5.74) is 3.25. The van der Waals surface area contributed by atoms with Crippen LogP contribution >= 0.6 is 11.8 Å². The highest BCUT2D eigenvalue weighted by atomic mass is 32.2. The van der Waals surface area contributed by atoms with E-state index in [0.29, 0.717) is 34.1 Å². The van der Waals surface area contributed by atoms with E-state index < -0.39 is 18.3 Å². The number of aromatic nitrogens is 3. The van der Waals surface area contributed by atoms with Gasteiger partial charge in [0.25, 0.3) is 0 Å². The predicted molar refractivity (Wildman–Crippen MR) is 170 cm³/mol. The molecule has 0 radical (unpaired) electrons. The van der Waals surface area contributed by atoms with Gasteiger partial charge in [0, 0.05) is 12.1 Å². The van der Waals surface area contributed by atoms with Crippen molar-refractivity contribution in [2.75, 3.05) is 24.3 Å². The second-order valence-electron chi connectivity index (χ2n) is 10.5. The van der Waals surface area contributed by atoms with Gasteiger partial charge in [-0.1, -0.05) is 49.9 Å². The van der Waals surface area contributed by atoms with Crippen LogP contribution in [-0.2, 0) is 4.79 Å². The van der Waals surface area contributed by atoms with Crippen molar-refractivity contribution in [3.63, 3.8) is 0 Å². The molecule has 0 aliphatic carbocycles. The second kappa shape index (κ2) is 14.0. The van der Waals surface area contributed by atoms with Gasteiger partial charge in [0.2, 0.25) is 5.91 Å². The van der Waals surface area contributed by atoms with Crippen molar-refractivity contribution in [1.82, 2.24) is 20.1 Å². The van der Waals surface area contributed by atoms with E-state index >= 15 is 0 Å². The smallest absolute Gasteiger partial charge is 0.497 e. The van der Waals surface area contributed by atoms with Crippen molar-refractivity contribution >= 4 is 34.6 Å². The summed E-state index contributed by atoms with van der Waals surface area (Å²) in [4.78, 5) is 35.5. The molecule has 3 aromatic carbocycles. The van der Waals surface area contributed by atoms with Crippen molar-refractivity contribution in [1.29, 1.82) is 5.26 Å². The first-order valence-electron chi connectivity index (χ1n) is 14.2. The van der Waals surface area contributed by atoms with Gasteiger partial charge in [-0.3, -0.25) is 9.69 Å². The number of methoxy groups -OCH3 is 1. The zero-order valence-corrected chi connectivity index (χ0v) is 26.2. The normalized spacial score (nSPS) is 14.7. The molecule has 4 aromatic rings. The molecular weight excluding hydrogens is 635 g/mol. The van der Waals surface area contributed by atoms with Crippen molar-refractivity contribution in [2.45, 2.75) is 32.0 Å². The fraction of sp³-hybridized carbons (Fsp3) is 0.250. The van der Waals surface area contributed by atoms with E-state index in [9.17, 15) is 28.0 Å². The van der Waals surface area contributed by atoms with Crippen LogP contribution in [0.4, 0.5) is 23.7 Å². The number of nitriles is 1. The number of amidine groups is 1. The Morgan fingerprint density at radius 2 is 1.81 bits per heavy atom. The molecule has 1 aliphatic rings. The van der Waals surface area contributed by atoms with Crippen LogP contribution in [0.25, 0.3) is 17.1 Å². The summed E-state index contributed by atoms with van der Waals surface area (Å²) < 4.78 is 47.9. The highest BCUT2D eigenvalue weighted by molar-refractivity contribution is 8.15. The maximum atomic E-state index is 12.8. The molecule has 5 rings (SSSR count). The number of hydrogen-bond acceptors (Lipinski definition) is 8. The largest absolute Gasteiger partial charge is 0.573 e. The number of anilines is 1. The number of benzene rings is 3. The molecule has 15 heteroatoms. The van der Waals surface area contributed by atoms with Crippen molar-refractivity contribution < 1.29 is 32.2 Å². The van der Waals surface area contributed by atoms with E-state index in [2.05, 4.69) is 31.2 Å². The molecule has 1 N–H and O–H groups in total. The number of nitrogens with one attached hydrogen (secondary N) is 1. The summed E-state index contributed by atoms with van der Waals surface area (Å²) in [6.45, 7) is 3.97. The number of hydrogen-bond donors (Lipinski definition) is 1. The van der Waals surface area contributed by atoms with Crippen LogP contribution in [0.15, 0.2) is 78.0 Å². The maximum absolute atomic E-state index is 12.8. The molecule has 0 spiro atoms. The molecule has 47 heavy (non-hydrogen) atoms. The lowest BCUT2D eigenvalue weighted by molar-refractivity contribution is -0.274. The van der Waals surface area contributed by atoms with E-state index in [4.69, 9.17) is 4.74 Å². The Bertz CT molecular complexity index is 1840. The van der Waals surface area contributed by atoms with Gasteiger partial charge in [-0.05, 0) is 59.5 Å². The molecule has 11 nitrogen and oxygen atoms in total. The molecule has 0 bridgehead atoms. The summed E-state index contributed by atoms with van der Waals surface area (Å²) in [6, 6.07) is 19.0. The number of ether oxygens (including phenoxy) is 2. The van der Waals surface area contributed by atoms with Crippen LogP contribution in [0, 0.1) is 11.3 Å². The van der Waals surface area contributed by atoms with Crippen molar-refractivity contribution in [2.24, 2.45) is 4.99 Å². The van der Waals surface area contributed by atoms with Gasteiger partial charge in [-0.2, -0.15) is 10.3 Å². The number of amides is 3. The molecule has 2 heterocycles. The van der Waals surface area contributed by atoms with Crippen LogP contribution in [0.5, 0.6) is 11.5 Å². The number of urea groups is 1. The lowest BCUT2D eigenvalue weighted by atomic mass is 9.99. The zero-order valence-electron chi connectivity index (χ0n) is 25.4. The third-order valence-corrected chi connectivity index (χ3v) is 7.99. The molecule has 1 aromatic heterocycles. The summed E-state index contributed by atoms with van der Waals surface area (Å²) in [5.74, 6) is -0.0201. The Hall–Kier alpha value is -5.36. The zero-order chi connectivity index (χ0) is 33.7. The lowest BCUT2D eigenvalue weighted by Gasteiger charge is -2.22. The molecular formula is C32H28F3N7O4S. The molecule has 1 atom stereocenters. The minimum absolute atomic E-state index is 0.0230. The molecule has 1 unspecified atom stereocenters. The average Bonchev–Trinajstić information content (AvgIpc) is 3.68. The Kier molecular flexibility index (Phi) is 9.80. The number of thioether (sulfide) groups is 1. The first kappa shape index (κ1) is 33.0. The van der Waals surface area contributed by atoms with Crippen LogP contribution in [0.3, 0.4) is 0 Å². The minimum Gasteiger partial charge on any atom is -0.497 e. The fourth-order valence-electron chi connectivity index (χ4n) is 4.75. The monoisotopic (exact) mass is 663 g/mol. The van der Waals surface area contributed by atoms with E-state index in [1.165, 1.54) is 40.2 Å². The number of halogens is 3. The quantitative estimate of drug-likeness (QED) is 0.217. The van der Waals surface area contributed by atoms with Crippen molar-refractivity contribution in [3.05, 3.63) is 84.2 Å². The Morgan fingerprint density at radius 1 is 1.11 bits per heavy atom. The van der Waals surface area contributed by atoms with E-state index in [1.807, 2.05) is 19.9 Å². The Balaban J connectivity index is 1.23. The summed E-state index contributed by atoms with van der Waals surface area (Å²) in [6.07, 6.45) is -3.36. The SMILES string of the molecule is COc1ccc(N2C(=O)CS/C2=N\C(=O)NCC(C#N)c2ccc(-c3ncn(-c4ccc(OC(F)(F)F)cc4)n3)cc2)c(C(C)C)c1. The van der Waals surface area contributed by atoms with Crippen molar-refractivity contribution in [3.8, 4) is 34.6 Å². The van der Waals surface area contributed by atoms with Gasteiger partial charge in [0.1, 0.15) is 17.8 Å². The first-order chi connectivity index (χ1) is 22.5.